The molecule has 0 atom stereocenters. The first kappa shape index (κ1) is 20.9. The molecule has 3 heterocycles. The van der Waals surface area contributed by atoms with E-state index in [1.807, 2.05) is 37.1 Å². The van der Waals surface area contributed by atoms with Gasteiger partial charge >= 0.3 is 0 Å². The number of hydrogen-bond donors (Lipinski definition) is 3. The normalized spacial score (nSPS) is 14.5. The Morgan fingerprint density at radius 3 is 2.61 bits per heavy atom. The summed E-state index contributed by atoms with van der Waals surface area (Å²) in [5.74, 6) is 0.894. The van der Waals surface area contributed by atoms with Gasteiger partial charge in [-0.05, 0) is 32.2 Å². The lowest BCUT2D eigenvalue weighted by atomic mass is 10.1. The van der Waals surface area contributed by atoms with Crippen LogP contribution >= 0.6 is 11.3 Å². The highest BCUT2D eigenvalue weighted by Crippen LogP contribution is 2.31. The van der Waals surface area contributed by atoms with Gasteiger partial charge in [0.15, 0.2) is 11.0 Å². The lowest BCUT2D eigenvalue weighted by Crippen LogP contribution is -2.47. The van der Waals surface area contributed by atoms with Crippen LogP contribution in [0, 0.1) is 6.92 Å². The molecule has 31 heavy (non-hydrogen) atoms. The van der Waals surface area contributed by atoms with Crippen molar-refractivity contribution in [3.63, 3.8) is 0 Å². The Morgan fingerprint density at radius 2 is 1.90 bits per heavy atom. The van der Waals surface area contributed by atoms with Gasteiger partial charge in [0.1, 0.15) is 0 Å². The molecule has 0 radical (unpaired) electrons. The molecule has 1 fully saturated rings. The van der Waals surface area contributed by atoms with Gasteiger partial charge in [-0.25, -0.2) is 4.98 Å². The van der Waals surface area contributed by atoms with Crippen molar-refractivity contribution >= 4 is 40.0 Å². The molecule has 10 nitrogen and oxygen atoms in total. The topological polar surface area (TPSA) is 125 Å². The Labute approximate surface area is 184 Å². The average Bonchev–Trinajstić information content (AvgIpc) is 3.14. The number of piperazine rings is 1. The second-order valence-electron chi connectivity index (χ2n) is 7.33. The molecule has 2 aromatic heterocycles. The van der Waals surface area contributed by atoms with Crippen LogP contribution in [0.15, 0.2) is 24.3 Å². The average molecular weight is 440 g/mol. The van der Waals surface area contributed by atoms with Gasteiger partial charge in [0.2, 0.25) is 11.9 Å². The number of aromatic nitrogens is 4. The first-order valence-electron chi connectivity index (χ1n) is 9.95. The first-order chi connectivity index (χ1) is 14.9. The fourth-order valence-electron chi connectivity index (χ4n) is 3.31. The monoisotopic (exact) mass is 439 g/mol. The van der Waals surface area contributed by atoms with Crippen molar-refractivity contribution in [1.29, 1.82) is 0 Å². The van der Waals surface area contributed by atoms with Crippen LogP contribution in [-0.4, -0.2) is 75.9 Å². The summed E-state index contributed by atoms with van der Waals surface area (Å²) in [6, 6.07) is 7.32. The summed E-state index contributed by atoms with van der Waals surface area (Å²) in [5.41, 5.74) is 8.06. The maximum atomic E-state index is 12.9. The Balaban J connectivity index is 1.55. The van der Waals surface area contributed by atoms with Gasteiger partial charge in [0.05, 0.1) is 10.6 Å². The summed E-state index contributed by atoms with van der Waals surface area (Å²) in [5, 5.41) is 6.95. The van der Waals surface area contributed by atoms with E-state index in [0.717, 1.165) is 41.9 Å². The fraction of sp³-hybridized carbons (Fsp3) is 0.350. The lowest BCUT2D eigenvalue weighted by Gasteiger charge is -2.32. The molecule has 1 aliphatic rings. The van der Waals surface area contributed by atoms with Gasteiger partial charge in [-0.1, -0.05) is 17.4 Å². The van der Waals surface area contributed by atoms with E-state index in [4.69, 9.17) is 5.73 Å². The number of nitrogens with two attached hydrogens (primary N) is 1. The van der Waals surface area contributed by atoms with E-state index in [1.165, 1.54) is 11.3 Å². The standard InChI is InChI=1S/C20H25N9OS/c1-12-15(31-20(22-2)23-12)16-25-18(21)27-19(26-16)24-14-6-4-5-13(11-14)17(30)29-9-7-28(3)8-10-29/h4-6,11H,7-10H2,1-3H3,(H,22,23)(H3,21,24,25,26,27). The van der Waals surface area contributed by atoms with E-state index < -0.39 is 0 Å². The predicted octanol–water partition coefficient (Wildman–Crippen LogP) is 2.06. The molecule has 1 saturated heterocycles. The van der Waals surface area contributed by atoms with Crippen molar-refractivity contribution < 1.29 is 4.79 Å². The summed E-state index contributed by atoms with van der Waals surface area (Å²) >= 11 is 1.45. The summed E-state index contributed by atoms with van der Waals surface area (Å²) in [6.07, 6.45) is 0. The van der Waals surface area contributed by atoms with Gasteiger partial charge in [-0.3, -0.25) is 4.79 Å². The van der Waals surface area contributed by atoms with Gasteiger partial charge in [0.25, 0.3) is 5.91 Å². The minimum Gasteiger partial charge on any atom is -0.368 e. The highest BCUT2D eigenvalue weighted by atomic mass is 32.1. The molecule has 0 aliphatic carbocycles. The van der Waals surface area contributed by atoms with Crippen molar-refractivity contribution in [3.05, 3.63) is 35.5 Å². The highest BCUT2D eigenvalue weighted by molar-refractivity contribution is 7.19. The molecule has 1 aromatic carbocycles. The Hall–Kier alpha value is -3.31. The number of rotatable bonds is 5. The lowest BCUT2D eigenvalue weighted by molar-refractivity contribution is 0.0664. The molecule has 0 unspecified atom stereocenters. The molecule has 11 heteroatoms. The third-order valence-corrected chi connectivity index (χ3v) is 6.19. The van der Waals surface area contributed by atoms with Crippen LogP contribution in [0.5, 0.6) is 0 Å². The number of nitrogens with zero attached hydrogens (tertiary/aromatic N) is 6. The van der Waals surface area contributed by atoms with Crippen molar-refractivity contribution in [2.75, 3.05) is 56.6 Å². The molecule has 162 valence electrons. The van der Waals surface area contributed by atoms with Crippen molar-refractivity contribution in [3.8, 4) is 10.7 Å². The number of anilines is 4. The number of benzene rings is 1. The molecule has 0 spiro atoms. The van der Waals surface area contributed by atoms with E-state index in [1.54, 1.807) is 6.07 Å². The zero-order valence-electron chi connectivity index (χ0n) is 17.7. The molecule has 1 amide bonds. The van der Waals surface area contributed by atoms with Crippen LogP contribution in [-0.2, 0) is 0 Å². The number of aryl methyl sites for hydroxylation is 1. The van der Waals surface area contributed by atoms with E-state index in [2.05, 4.69) is 42.5 Å². The van der Waals surface area contributed by atoms with E-state index in [-0.39, 0.29) is 11.9 Å². The Kier molecular flexibility index (Phi) is 5.96. The van der Waals surface area contributed by atoms with Crippen LogP contribution in [0.1, 0.15) is 16.1 Å². The van der Waals surface area contributed by atoms with Crippen molar-refractivity contribution in [1.82, 2.24) is 29.7 Å². The second kappa shape index (κ2) is 8.82. The maximum absolute atomic E-state index is 12.9. The van der Waals surface area contributed by atoms with Crippen LogP contribution in [0.2, 0.25) is 0 Å². The molecule has 0 bridgehead atoms. The smallest absolute Gasteiger partial charge is 0.254 e. The molecule has 1 aliphatic heterocycles. The SMILES string of the molecule is CNc1nc(C)c(-c2nc(N)nc(Nc3cccc(C(=O)N4CCN(C)CC4)c3)n2)s1. The van der Waals surface area contributed by atoms with E-state index in [0.29, 0.717) is 23.0 Å². The van der Waals surface area contributed by atoms with Crippen molar-refractivity contribution in [2.45, 2.75) is 6.92 Å². The Bertz CT molecular complexity index is 1090. The number of nitrogens with one attached hydrogen (secondary N) is 2. The summed E-state index contributed by atoms with van der Waals surface area (Å²) in [7, 11) is 3.88. The number of nitrogen functional groups attached to an aromatic ring is 1. The highest BCUT2D eigenvalue weighted by Gasteiger charge is 2.21. The number of carbonyl (C=O) groups excluding carboxylic acids is 1. The molecular weight excluding hydrogens is 414 g/mol. The van der Waals surface area contributed by atoms with Gasteiger partial charge < -0.3 is 26.2 Å². The molecule has 3 aromatic rings. The van der Waals surface area contributed by atoms with Crippen LogP contribution in [0.4, 0.5) is 22.7 Å². The minimum atomic E-state index is 0.0208. The van der Waals surface area contributed by atoms with Gasteiger partial charge in [-0.2, -0.15) is 15.0 Å². The molecule has 0 saturated carbocycles. The summed E-state index contributed by atoms with van der Waals surface area (Å²) < 4.78 is 0. The maximum Gasteiger partial charge on any atom is 0.254 e. The molecular formula is C20H25N9OS. The summed E-state index contributed by atoms with van der Waals surface area (Å²) in [4.78, 5) is 35.2. The third-order valence-electron chi connectivity index (χ3n) is 5.02. The van der Waals surface area contributed by atoms with Gasteiger partial charge in [-0.15, -0.1) is 0 Å². The Morgan fingerprint density at radius 1 is 1.13 bits per heavy atom. The number of thiazole rings is 1. The van der Waals surface area contributed by atoms with Crippen molar-refractivity contribution in [2.24, 2.45) is 0 Å². The predicted molar refractivity (Wildman–Crippen MR) is 123 cm³/mol. The van der Waals surface area contributed by atoms with Crippen LogP contribution in [0.3, 0.4) is 0 Å². The van der Waals surface area contributed by atoms with E-state index in [9.17, 15) is 4.79 Å². The first-order valence-corrected chi connectivity index (χ1v) is 10.8. The zero-order valence-corrected chi connectivity index (χ0v) is 18.5. The van der Waals surface area contributed by atoms with Crippen LogP contribution < -0.4 is 16.4 Å². The second-order valence-corrected chi connectivity index (χ2v) is 8.32. The minimum absolute atomic E-state index is 0.0208. The number of likely N-dealkylation sites (N-methyl/N-ethyl adjacent to an activating group) is 1. The largest absolute Gasteiger partial charge is 0.368 e. The zero-order chi connectivity index (χ0) is 22.0. The quantitative estimate of drug-likeness (QED) is 0.548. The van der Waals surface area contributed by atoms with Gasteiger partial charge in [0, 0.05) is 44.5 Å². The number of carbonyl (C=O) groups is 1. The molecule has 4 rings (SSSR count). The summed E-state index contributed by atoms with van der Waals surface area (Å²) in [6.45, 7) is 5.10. The third kappa shape index (κ3) is 4.72. The molecule has 4 N–H and O–H groups in total. The fourth-order valence-corrected chi connectivity index (χ4v) is 4.17. The number of amides is 1. The van der Waals surface area contributed by atoms with E-state index >= 15 is 0 Å². The number of hydrogen-bond acceptors (Lipinski definition) is 10. The van der Waals surface area contributed by atoms with Crippen LogP contribution in [0.25, 0.3) is 10.7 Å².